The van der Waals surface area contributed by atoms with Crippen molar-refractivity contribution in [3.8, 4) is 0 Å². The predicted octanol–water partition coefficient (Wildman–Crippen LogP) is 6.16. The molecule has 0 saturated carbocycles. The van der Waals surface area contributed by atoms with Crippen molar-refractivity contribution in [3.05, 3.63) is 90.3 Å². The molecule has 2 N–H and O–H groups in total. The summed E-state index contributed by atoms with van der Waals surface area (Å²) in [5.41, 5.74) is 1.47. The smallest absolute Gasteiger partial charge is 0.252 e. The maximum atomic E-state index is 12.0. The third kappa shape index (κ3) is 16.4. The third-order valence-electron chi connectivity index (χ3n) is 4.80. The summed E-state index contributed by atoms with van der Waals surface area (Å²) in [4.78, 5) is 27.9. The average Bonchev–Trinajstić information content (AvgIpc) is 2.83. The van der Waals surface area contributed by atoms with Gasteiger partial charge in [-0.1, -0.05) is 67.7 Å². The first-order valence-corrected chi connectivity index (χ1v) is 12.3. The minimum Gasteiger partial charge on any atom is -0.354 e. The Bertz CT molecular complexity index is 851. The van der Waals surface area contributed by atoms with Crippen molar-refractivity contribution in [3.63, 3.8) is 0 Å². The number of rotatable bonds is 17. The molecule has 0 unspecified atom stereocenters. The number of carbonyl (C=O) groups is 2. The van der Waals surface area contributed by atoms with Crippen LogP contribution in [0.2, 0.25) is 0 Å². The lowest BCUT2D eigenvalue weighted by atomic mass is 10.2. The molecule has 184 valence electrons. The van der Waals surface area contributed by atoms with Gasteiger partial charge in [0, 0.05) is 31.9 Å². The van der Waals surface area contributed by atoms with Gasteiger partial charge in [0.2, 0.25) is 5.91 Å². The van der Waals surface area contributed by atoms with Crippen LogP contribution in [0.5, 0.6) is 0 Å². The summed E-state index contributed by atoms with van der Waals surface area (Å²) in [6.45, 7) is 4.86. The van der Waals surface area contributed by atoms with Gasteiger partial charge < -0.3 is 10.6 Å². The van der Waals surface area contributed by atoms with E-state index in [4.69, 9.17) is 0 Å². The molecular formula is C29H41N3O2. The second kappa shape index (κ2) is 20.4. The number of nitrogens with zero attached hydrogens (tertiary/aromatic N) is 1. The summed E-state index contributed by atoms with van der Waals surface area (Å²) in [7, 11) is 0. The molecule has 0 bridgehead atoms. The molecule has 0 aliphatic carbocycles. The fraction of sp³-hybridized carbons (Fsp3) is 0.414. The molecule has 1 aromatic heterocycles. The first kappa shape index (κ1) is 28.8. The van der Waals surface area contributed by atoms with Gasteiger partial charge in [0.25, 0.3) is 5.91 Å². The summed E-state index contributed by atoms with van der Waals surface area (Å²) in [5, 5.41) is 5.62. The topological polar surface area (TPSA) is 71.1 Å². The van der Waals surface area contributed by atoms with E-state index in [1.54, 1.807) is 12.3 Å². The molecule has 0 spiro atoms. The highest BCUT2D eigenvalue weighted by molar-refractivity contribution is 5.94. The van der Waals surface area contributed by atoms with Crippen LogP contribution in [0, 0.1) is 6.92 Å². The first-order valence-electron chi connectivity index (χ1n) is 12.3. The first-order chi connectivity index (χ1) is 16.6. The van der Waals surface area contributed by atoms with Crippen LogP contribution in [0.3, 0.4) is 0 Å². The number of allylic oxidation sites excluding steroid dienone is 10. The van der Waals surface area contributed by atoms with Crippen LogP contribution >= 0.6 is 0 Å². The predicted molar refractivity (Wildman–Crippen MR) is 143 cm³/mol. The van der Waals surface area contributed by atoms with Crippen molar-refractivity contribution >= 4 is 11.8 Å². The largest absolute Gasteiger partial charge is 0.354 e. The Hall–Kier alpha value is -3.21. The van der Waals surface area contributed by atoms with Crippen LogP contribution in [0.25, 0.3) is 0 Å². The van der Waals surface area contributed by atoms with Crippen LogP contribution in [0.15, 0.2) is 79.2 Å². The van der Waals surface area contributed by atoms with E-state index in [0.29, 0.717) is 25.1 Å². The minimum absolute atomic E-state index is 0.0128. The van der Waals surface area contributed by atoms with E-state index in [9.17, 15) is 9.59 Å². The Kier molecular flexibility index (Phi) is 17.3. The highest BCUT2D eigenvalue weighted by Gasteiger charge is 2.05. The van der Waals surface area contributed by atoms with Gasteiger partial charge in [-0.3, -0.25) is 14.6 Å². The Labute approximate surface area is 205 Å². The third-order valence-corrected chi connectivity index (χ3v) is 4.80. The number of amides is 2. The van der Waals surface area contributed by atoms with Gasteiger partial charge in [-0.05, 0) is 63.5 Å². The molecule has 0 aliphatic rings. The molecule has 0 fully saturated rings. The van der Waals surface area contributed by atoms with Crippen LogP contribution in [0.1, 0.15) is 74.2 Å². The maximum absolute atomic E-state index is 12.0. The fourth-order valence-electron chi connectivity index (χ4n) is 3.00. The van der Waals surface area contributed by atoms with E-state index in [1.165, 1.54) is 6.20 Å². The average molecular weight is 464 g/mol. The van der Waals surface area contributed by atoms with Gasteiger partial charge in [-0.2, -0.15) is 0 Å². The number of aromatic nitrogens is 1. The lowest BCUT2D eigenvalue weighted by molar-refractivity contribution is -0.121. The normalized spacial score (nSPS) is 12.1. The van der Waals surface area contributed by atoms with Gasteiger partial charge in [0.05, 0.1) is 5.56 Å². The van der Waals surface area contributed by atoms with Crippen molar-refractivity contribution in [2.45, 2.75) is 65.2 Å². The zero-order chi connectivity index (χ0) is 24.7. The summed E-state index contributed by atoms with van der Waals surface area (Å²) < 4.78 is 0. The van der Waals surface area contributed by atoms with Crippen LogP contribution in [-0.2, 0) is 4.79 Å². The Morgan fingerprint density at radius 2 is 1.35 bits per heavy atom. The van der Waals surface area contributed by atoms with Gasteiger partial charge >= 0.3 is 0 Å². The Balaban J connectivity index is 1.98. The molecule has 1 rings (SSSR count). The summed E-state index contributed by atoms with van der Waals surface area (Å²) in [6.07, 6.45) is 32.2. The molecule has 0 radical (unpaired) electrons. The van der Waals surface area contributed by atoms with Crippen molar-refractivity contribution in [2.75, 3.05) is 13.1 Å². The van der Waals surface area contributed by atoms with Gasteiger partial charge in [-0.25, -0.2) is 0 Å². The second-order valence-corrected chi connectivity index (χ2v) is 7.96. The maximum Gasteiger partial charge on any atom is 0.252 e. The number of hydrogen-bond acceptors (Lipinski definition) is 3. The molecule has 0 aliphatic heterocycles. The van der Waals surface area contributed by atoms with E-state index in [0.717, 1.165) is 50.5 Å². The lowest BCUT2D eigenvalue weighted by Crippen LogP contribution is -2.34. The van der Waals surface area contributed by atoms with Crippen molar-refractivity contribution in [1.29, 1.82) is 0 Å². The van der Waals surface area contributed by atoms with Crippen molar-refractivity contribution < 1.29 is 9.59 Å². The second-order valence-electron chi connectivity index (χ2n) is 7.96. The fourth-order valence-corrected chi connectivity index (χ4v) is 3.00. The molecule has 5 nitrogen and oxygen atoms in total. The molecule has 0 aromatic carbocycles. The standard InChI is InChI=1S/C29H41N3O2/c1-3-4-5-6-7-8-9-10-11-12-13-14-15-16-17-18-19-20-28(33)31-21-22-32-29(34)27-23-26(2)24-30-25-27/h4-5,7-8,10-11,13-14,16-17,23-25H,3,6,9,12,15,18-22H2,1-2H3,(H,31,33)(H,32,34). The number of aryl methyl sites for hydroxylation is 1. The molecular weight excluding hydrogens is 422 g/mol. The summed E-state index contributed by atoms with van der Waals surface area (Å²) in [6, 6.07) is 1.79. The molecule has 2 amide bonds. The number of pyridine rings is 1. The minimum atomic E-state index is -0.177. The highest BCUT2D eigenvalue weighted by atomic mass is 16.2. The van der Waals surface area contributed by atoms with Crippen LogP contribution < -0.4 is 10.6 Å². The van der Waals surface area contributed by atoms with Gasteiger partial charge in [0.1, 0.15) is 0 Å². The van der Waals surface area contributed by atoms with Gasteiger partial charge in [0.15, 0.2) is 0 Å². The van der Waals surface area contributed by atoms with E-state index in [2.05, 4.69) is 83.3 Å². The zero-order valence-corrected chi connectivity index (χ0v) is 20.8. The van der Waals surface area contributed by atoms with E-state index >= 15 is 0 Å². The number of hydrogen-bond donors (Lipinski definition) is 2. The summed E-state index contributed by atoms with van der Waals surface area (Å²) in [5.74, 6) is -0.164. The van der Waals surface area contributed by atoms with E-state index in [1.807, 2.05) is 6.92 Å². The van der Waals surface area contributed by atoms with E-state index < -0.39 is 0 Å². The Morgan fingerprint density at radius 3 is 1.94 bits per heavy atom. The molecule has 1 heterocycles. The molecule has 1 aromatic rings. The van der Waals surface area contributed by atoms with E-state index in [-0.39, 0.29) is 11.8 Å². The molecule has 34 heavy (non-hydrogen) atoms. The number of unbranched alkanes of at least 4 members (excludes halogenated alkanes) is 1. The van der Waals surface area contributed by atoms with Crippen molar-refractivity contribution in [1.82, 2.24) is 15.6 Å². The van der Waals surface area contributed by atoms with Crippen LogP contribution in [-0.4, -0.2) is 29.9 Å². The summed E-state index contributed by atoms with van der Waals surface area (Å²) >= 11 is 0. The SMILES string of the molecule is CCC=CCC=CCC=CCC=CCC=CCCCC(=O)NCCNC(=O)c1cncc(C)c1. The highest BCUT2D eigenvalue weighted by Crippen LogP contribution is 2.01. The van der Waals surface area contributed by atoms with Crippen molar-refractivity contribution in [2.24, 2.45) is 0 Å². The quantitative estimate of drug-likeness (QED) is 0.215. The molecule has 0 saturated heterocycles. The number of carbonyl (C=O) groups excluding carboxylic acids is 2. The molecule has 0 atom stereocenters. The Morgan fingerprint density at radius 1 is 0.794 bits per heavy atom. The van der Waals surface area contributed by atoms with Gasteiger partial charge in [-0.15, -0.1) is 0 Å². The number of nitrogens with one attached hydrogen (secondary N) is 2. The molecule has 5 heteroatoms. The monoisotopic (exact) mass is 463 g/mol. The zero-order valence-electron chi connectivity index (χ0n) is 20.8. The lowest BCUT2D eigenvalue weighted by Gasteiger charge is -2.07. The van der Waals surface area contributed by atoms with Crippen LogP contribution in [0.4, 0.5) is 0 Å².